The zero-order chi connectivity index (χ0) is 21.0. The Balaban J connectivity index is 1.67. The molecule has 1 amide bonds. The van der Waals surface area contributed by atoms with Gasteiger partial charge in [0.25, 0.3) is 0 Å². The van der Waals surface area contributed by atoms with Gasteiger partial charge in [0.15, 0.2) is 11.5 Å². The molecule has 7 heteroatoms. The molecule has 3 fully saturated rings. The number of carbonyl (C=O) groups excluding carboxylic acids is 1. The molecular weight excluding hydrogens is 380 g/mol. The molecule has 2 aliphatic carbocycles. The number of fused-ring (bicyclic) bond motifs is 1. The summed E-state index contributed by atoms with van der Waals surface area (Å²) in [7, 11) is 1.44. The van der Waals surface area contributed by atoms with Crippen molar-refractivity contribution in [1.82, 2.24) is 5.32 Å². The number of hydrogen-bond donors (Lipinski definition) is 1. The van der Waals surface area contributed by atoms with E-state index < -0.39 is 6.61 Å². The smallest absolute Gasteiger partial charge is 0.387 e. The summed E-state index contributed by atoms with van der Waals surface area (Å²) in [5, 5.41) is 3.26. The summed E-state index contributed by atoms with van der Waals surface area (Å²) in [5.74, 6) is 1.06. The van der Waals surface area contributed by atoms with Crippen LogP contribution in [0.25, 0.3) is 0 Å². The summed E-state index contributed by atoms with van der Waals surface area (Å²) in [5.41, 5.74) is 0.935. The van der Waals surface area contributed by atoms with E-state index in [9.17, 15) is 13.6 Å². The van der Waals surface area contributed by atoms with Gasteiger partial charge >= 0.3 is 6.61 Å². The van der Waals surface area contributed by atoms with Crippen molar-refractivity contribution in [3.8, 4) is 11.5 Å². The monoisotopic (exact) mass is 409 g/mol. The van der Waals surface area contributed by atoms with Crippen LogP contribution in [0.3, 0.4) is 0 Å². The molecule has 1 aromatic rings. The zero-order valence-electron chi connectivity index (χ0n) is 17.3. The minimum absolute atomic E-state index is 0.00182. The molecule has 1 aromatic carbocycles. The van der Waals surface area contributed by atoms with E-state index in [0.717, 1.165) is 24.8 Å². The number of methoxy groups -OCH3 is 1. The maximum atomic E-state index is 12.7. The number of amides is 1. The normalized spacial score (nSPS) is 34.7. The molecule has 1 heterocycles. The van der Waals surface area contributed by atoms with Crippen molar-refractivity contribution in [1.29, 1.82) is 0 Å². The number of halogens is 2. The quantitative estimate of drug-likeness (QED) is 0.787. The SMILES string of the molecule is COc1cc([C@H]2OCC[C@@]34C[C@@H](C[C@H]23)C(C)(C)[C@@H]4NC(C)=O)ccc1OC(F)F. The zero-order valence-corrected chi connectivity index (χ0v) is 17.3. The molecule has 1 spiro atoms. The second-order valence-corrected chi connectivity index (χ2v) is 9.26. The van der Waals surface area contributed by atoms with Gasteiger partial charge in [-0.05, 0) is 59.6 Å². The fourth-order valence-electron chi connectivity index (χ4n) is 6.37. The van der Waals surface area contributed by atoms with E-state index >= 15 is 0 Å². The lowest BCUT2D eigenvalue weighted by atomic mass is 9.59. The van der Waals surface area contributed by atoms with Crippen LogP contribution in [0.5, 0.6) is 11.5 Å². The summed E-state index contributed by atoms with van der Waals surface area (Å²) in [6, 6.07) is 5.15. The molecule has 2 saturated carbocycles. The Hall–Kier alpha value is -1.89. The van der Waals surface area contributed by atoms with E-state index in [2.05, 4.69) is 23.9 Å². The van der Waals surface area contributed by atoms with Crippen molar-refractivity contribution in [2.75, 3.05) is 13.7 Å². The van der Waals surface area contributed by atoms with Crippen LogP contribution in [0.1, 0.15) is 51.7 Å². The van der Waals surface area contributed by atoms with Crippen molar-refractivity contribution >= 4 is 5.91 Å². The highest BCUT2D eigenvalue weighted by atomic mass is 19.3. The minimum Gasteiger partial charge on any atom is -0.493 e. The second kappa shape index (κ2) is 7.11. The maximum Gasteiger partial charge on any atom is 0.387 e. The molecule has 1 aliphatic heterocycles. The van der Waals surface area contributed by atoms with Gasteiger partial charge in [0.1, 0.15) is 0 Å². The Kier molecular flexibility index (Phi) is 5.00. The van der Waals surface area contributed by atoms with E-state index in [1.54, 1.807) is 19.1 Å². The fourth-order valence-corrected chi connectivity index (χ4v) is 6.37. The van der Waals surface area contributed by atoms with Crippen LogP contribution >= 0.6 is 0 Å². The van der Waals surface area contributed by atoms with Crippen molar-refractivity contribution in [3.05, 3.63) is 23.8 Å². The van der Waals surface area contributed by atoms with Gasteiger partial charge in [-0.1, -0.05) is 19.9 Å². The third-order valence-electron chi connectivity index (χ3n) is 7.58. The Bertz CT molecular complexity index is 799. The van der Waals surface area contributed by atoms with E-state index in [-0.39, 0.29) is 46.3 Å². The van der Waals surface area contributed by atoms with E-state index in [1.165, 1.54) is 13.2 Å². The number of nitrogens with one attached hydrogen (secondary N) is 1. The number of ether oxygens (including phenoxy) is 3. The first-order valence-electron chi connectivity index (χ1n) is 10.2. The van der Waals surface area contributed by atoms with Gasteiger partial charge in [-0.15, -0.1) is 0 Å². The van der Waals surface area contributed by atoms with Crippen molar-refractivity contribution < 1.29 is 27.8 Å². The number of hydrogen-bond acceptors (Lipinski definition) is 4. The lowest BCUT2D eigenvalue weighted by molar-refractivity contribution is -0.136. The Morgan fingerprint density at radius 2 is 2.07 bits per heavy atom. The minimum atomic E-state index is -2.91. The predicted molar refractivity (Wildman–Crippen MR) is 103 cm³/mol. The van der Waals surface area contributed by atoms with Gasteiger partial charge in [-0.2, -0.15) is 8.78 Å². The summed E-state index contributed by atoms with van der Waals surface area (Å²) < 4.78 is 41.4. The first kappa shape index (κ1) is 20.4. The standard InChI is InChI=1S/C22H29F2NO4/c1-12(26)25-19-21(2,3)14-10-15-18(28-8-7-22(15,19)11-14)13-5-6-16(29-20(23)24)17(9-13)27-4/h5-6,9,14-15,18-20H,7-8,10-11H2,1-4H3,(H,25,26)/t14-,15-,18-,19+,22-/m1/s1. The molecule has 0 unspecified atom stereocenters. The molecule has 160 valence electrons. The Labute approximate surface area is 170 Å². The maximum absolute atomic E-state index is 12.7. The average Bonchev–Trinajstić information content (AvgIpc) is 3.14. The molecule has 1 N–H and O–H groups in total. The van der Waals surface area contributed by atoms with Crippen LogP contribution in [0.2, 0.25) is 0 Å². The average molecular weight is 409 g/mol. The molecule has 5 nitrogen and oxygen atoms in total. The lowest BCUT2D eigenvalue weighted by Gasteiger charge is -2.53. The van der Waals surface area contributed by atoms with Gasteiger partial charge in [0.05, 0.1) is 13.2 Å². The largest absolute Gasteiger partial charge is 0.493 e. The summed E-state index contributed by atoms with van der Waals surface area (Å²) in [6.07, 6.45) is 2.88. The number of benzene rings is 1. The van der Waals surface area contributed by atoms with Crippen LogP contribution in [-0.4, -0.2) is 32.3 Å². The molecular formula is C22H29F2NO4. The lowest BCUT2D eigenvalue weighted by Crippen LogP contribution is -2.58. The summed E-state index contributed by atoms with van der Waals surface area (Å²) in [4.78, 5) is 12.0. The summed E-state index contributed by atoms with van der Waals surface area (Å²) >= 11 is 0. The van der Waals surface area contributed by atoms with E-state index in [4.69, 9.17) is 9.47 Å². The van der Waals surface area contributed by atoms with Gasteiger partial charge in [0.2, 0.25) is 5.91 Å². The van der Waals surface area contributed by atoms with Gasteiger partial charge in [0, 0.05) is 19.6 Å². The van der Waals surface area contributed by atoms with Gasteiger partial charge in [-0.3, -0.25) is 4.79 Å². The topological polar surface area (TPSA) is 56.8 Å². The number of carbonyl (C=O) groups is 1. The van der Waals surface area contributed by atoms with Crippen LogP contribution in [0.4, 0.5) is 8.78 Å². The molecule has 0 radical (unpaired) electrons. The van der Waals surface area contributed by atoms with Crippen LogP contribution in [-0.2, 0) is 9.53 Å². The summed E-state index contributed by atoms with van der Waals surface area (Å²) in [6.45, 7) is 3.80. The highest BCUT2D eigenvalue weighted by Gasteiger charge is 2.68. The molecule has 29 heavy (non-hydrogen) atoms. The third-order valence-corrected chi connectivity index (χ3v) is 7.58. The molecule has 5 atom stereocenters. The van der Waals surface area contributed by atoms with E-state index in [1.807, 2.05) is 0 Å². The third kappa shape index (κ3) is 3.18. The highest BCUT2D eigenvalue weighted by Crippen LogP contribution is 2.70. The predicted octanol–water partition coefficient (Wildman–Crippen LogP) is 4.32. The molecule has 2 bridgehead atoms. The Morgan fingerprint density at radius 1 is 1.31 bits per heavy atom. The van der Waals surface area contributed by atoms with Crippen LogP contribution < -0.4 is 14.8 Å². The number of rotatable bonds is 5. The first-order chi connectivity index (χ1) is 13.7. The molecule has 4 rings (SSSR count). The second-order valence-electron chi connectivity index (χ2n) is 9.26. The molecule has 1 saturated heterocycles. The molecule has 0 aromatic heterocycles. The number of alkyl halides is 2. The van der Waals surface area contributed by atoms with Gasteiger partial charge < -0.3 is 19.5 Å². The first-order valence-corrected chi connectivity index (χ1v) is 10.2. The van der Waals surface area contributed by atoms with E-state index in [0.29, 0.717) is 12.5 Å². The van der Waals surface area contributed by atoms with Crippen LogP contribution in [0.15, 0.2) is 18.2 Å². The fraction of sp³-hybridized carbons (Fsp3) is 0.682. The van der Waals surface area contributed by atoms with Crippen molar-refractivity contribution in [2.24, 2.45) is 22.7 Å². The van der Waals surface area contributed by atoms with Gasteiger partial charge in [-0.25, -0.2) is 0 Å². The highest BCUT2D eigenvalue weighted by molar-refractivity contribution is 5.73. The molecule has 3 aliphatic rings. The van der Waals surface area contributed by atoms with Crippen LogP contribution in [0, 0.1) is 22.7 Å². The van der Waals surface area contributed by atoms with Crippen molar-refractivity contribution in [3.63, 3.8) is 0 Å². The van der Waals surface area contributed by atoms with Crippen molar-refractivity contribution in [2.45, 2.75) is 58.8 Å². The Morgan fingerprint density at radius 3 is 2.72 bits per heavy atom.